The molecule has 0 aliphatic heterocycles. The number of esters is 1. The van der Waals surface area contributed by atoms with Crippen molar-refractivity contribution in [3.8, 4) is 0 Å². The van der Waals surface area contributed by atoms with Gasteiger partial charge in [-0.05, 0) is 64.4 Å². The van der Waals surface area contributed by atoms with Crippen molar-refractivity contribution in [1.82, 2.24) is 5.32 Å². The number of benzene rings is 2. The van der Waals surface area contributed by atoms with E-state index in [2.05, 4.69) is 10.0 Å². The monoisotopic (exact) mass is 418 g/mol. The Morgan fingerprint density at radius 3 is 2.31 bits per heavy atom. The topological polar surface area (TPSA) is 102 Å². The summed E-state index contributed by atoms with van der Waals surface area (Å²) in [6.45, 7) is 8.77. The SMILES string of the molecule is Cc1ccc(NS(=O)(=O)c2cccc(C(=O)O[C@@H](C)C(=O)NC(C)C)c2)c(C)c1. The van der Waals surface area contributed by atoms with Gasteiger partial charge in [0.2, 0.25) is 0 Å². The van der Waals surface area contributed by atoms with E-state index in [1.54, 1.807) is 19.9 Å². The van der Waals surface area contributed by atoms with E-state index in [1.165, 1.54) is 31.2 Å². The lowest BCUT2D eigenvalue weighted by Gasteiger charge is -2.16. The second-order valence-electron chi connectivity index (χ2n) is 7.16. The summed E-state index contributed by atoms with van der Waals surface area (Å²) in [7, 11) is -3.90. The summed E-state index contributed by atoms with van der Waals surface area (Å²) in [5.41, 5.74) is 2.31. The third kappa shape index (κ3) is 6.05. The summed E-state index contributed by atoms with van der Waals surface area (Å²) < 4.78 is 33.2. The maximum absolute atomic E-state index is 12.7. The molecular weight excluding hydrogens is 392 g/mol. The Labute approximate surface area is 171 Å². The highest BCUT2D eigenvalue weighted by atomic mass is 32.2. The molecule has 0 aromatic heterocycles. The Bertz CT molecular complexity index is 1020. The fourth-order valence-corrected chi connectivity index (χ4v) is 3.78. The van der Waals surface area contributed by atoms with Crippen molar-refractivity contribution in [3.63, 3.8) is 0 Å². The number of hydrogen-bond acceptors (Lipinski definition) is 5. The van der Waals surface area contributed by atoms with Gasteiger partial charge in [0, 0.05) is 6.04 Å². The molecule has 0 unspecified atom stereocenters. The number of carbonyl (C=O) groups excluding carboxylic acids is 2. The first-order chi connectivity index (χ1) is 13.5. The van der Waals surface area contributed by atoms with Gasteiger partial charge < -0.3 is 10.1 Å². The molecule has 1 atom stereocenters. The molecule has 0 bridgehead atoms. The predicted molar refractivity (Wildman–Crippen MR) is 111 cm³/mol. The quantitative estimate of drug-likeness (QED) is 0.673. The molecule has 1 amide bonds. The van der Waals surface area contributed by atoms with Crippen LogP contribution in [0.2, 0.25) is 0 Å². The molecule has 0 radical (unpaired) electrons. The zero-order valence-electron chi connectivity index (χ0n) is 17.1. The van der Waals surface area contributed by atoms with Crippen LogP contribution in [-0.4, -0.2) is 32.4 Å². The van der Waals surface area contributed by atoms with Crippen LogP contribution in [0.25, 0.3) is 0 Å². The second kappa shape index (κ2) is 9.09. The molecule has 8 heteroatoms. The molecule has 0 aliphatic rings. The van der Waals surface area contributed by atoms with E-state index in [1.807, 2.05) is 26.0 Å². The molecule has 2 aromatic carbocycles. The largest absolute Gasteiger partial charge is 0.449 e. The highest BCUT2D eigenvalue weighted by molar-refractivity contribution is 7.92. The van der Waals surface area contributed by atoms with E-state index < -0.39 is 28.0 Å². The van der Waals surface area contributed by atoms with E-state index in [0.29, 0.717) is 5.69 Å². The van der Waals surface area contributed by atoms with E-state index in [4.69, 9.17) is 4.74 Å². The molecule has 7 nitrogen and oxygen atoms in total. The summed E-state index contributed by atoms with van der Waals surface area (Å²) in [6, 6.07) is 10.8. The maximum atomic E-state index is 12.7. The fourth-order valence-electron chi connectivity index (χ4n) is 2.61. The van der Waals surface area contributed by atoms with Crippen molar-refractivity contribution in [1.29, 1.82) is 0 Å². The summed E-state index contributed by atoms with van der Waals surface area (Å²) >= 11 is 0. The van der Waals surface area contributed by atoms with Crippen LogP contribution in [0.3, 0.4) is 0 Å². The highest BCUT2D eigenvalue weighted by Gasteiger charge is 2.22. The van der Waals surface area contributed by atoms with Crippen molar-refractivity contribution >= 4 is 27.6 Å². The van der Waals surface area contributed by atoms with Gasteiger partial charge in [-0.1, -0.05) is 23.8 Å². The molecule has 156 valence electrons. The molecule has 0 spiro atoms. The molecule has 0 saturated heterocycles. The van der Waals surface area contributed by atoms with Gasteiger partial charge in [-0.2, -0.15) is 0 Å². The molecule has 2 rings (SSSR count). The van der Waals surface area contributed by atoms with Gasteiger partial charge >= 0.3 is 5.97 Å². The molecule has 2 N–H and O–H groups in total. The van der Waals surface area contributed by atoms with Crippen molar-refractivity contribution in [2.75, 3.05) is 4.72 Å². The zero-order valence-corrected chi connectivity index (χ0v) is 18.0. The smallest absolute Gasteiger partial charge is 0.338 e. The summed E-state index contributed by atoms with van der Waals surface area (Å²) in [4.78, 5) is 24.2. The van der Waals surface area contributed by atoms with Crippen LogP contribution in [0.5, 0.6) is 0 Å². The van der Waals surface area contributed by atoms with Gasteiger partial charge in [-0.15, -0.1) is 0 Å². The van der Waals surface area contributed by atoms with Gasteiger partial charge in [0.05, 0.1) is 16.1 Å². The lowest BCUT2D eigenvalue weighted by molar-refractivity contribution is -0.129. The van der Waals surface area contributed by atoms with E-state index >= 15 is 0 Å². The van der Waals surface area contributed by atoms with E-state index in [9.17, 15) is 18.0 Å². The molecular formula is C21H26N2O5S. The number of sulfonamides is 1. The van der Waals surface area contributed by atoms with Gasteiger partial charge in [-0.3, -0.25) is 9.52 Å². The molecule has 0 heterocycles. The van der Waals surface area contributed by atoms with Crippen LogP contribution in [0, 0.1) is 13.8 Å². The third-order valence-corrected chi connectivity index (χ3v) is 5.45. The number of hydrogen-bond donors (Lipinski definition) is 2. The number of rotatable bonds is 7. The normalized spacial score (nSPS) is 12.3. The van der Waals surface area contributed by atoms with Crippen LogP contribution >= 0.6 is 0 Å². The molecule has 0 saturated carbocycles. The van der Waals surface area contributed by atoms with Gasteiger partial charge in [0.25, 0.3) is 15.9 Å². The lowest BCUT2D eigenvalue weighted by atomic mass is 10.1. The number of carbonyl (C=O) groups is 2. The van der Waals surface area contributed by atoms with Crippen LogP contribution in [0.15, 0.2) is 47.4 Å². The number of nitrogens with one attached hydrogen (secondary N) is 2. The minimum Gasteiger partial charge on any atom is -0.449 e. The number of amides is 1. The predicted octanol–water partition coefficient (Wildman–Crippen LogP) is 3.17. The van der Waals surface area contributed by atoms with Gasteiger partial charge in [-0.25, -0.2) is 13.2 Å². The Kier molecular flexibility index (Phi) is 7.02. The van der Waals surface area contributed by atoms with Crippen LogP contribution in [0.4, 0.5) is 5.69 Å². The molecule has 2 aromatic rings. The first-order valence-corrected chi connectivity index (χ1v) is 10.7. The summed E-state index contributed by atoms with van der Waals surface area (Å²) in [6.07, 6.45) is -1.00. The average molecular weight is 419 g/mol. The first-order valence-electron chi connectivity index (χ1n) is 9.21. The van der Waals surface area contributed by atoms with Crippen molar-refractivity contribution < 1.29 is 22.7 Å². The third-order valence-electron chi connectivity index (χ3n) is 4.09. The number of aryl methyl sites for hydroxylation is 2. The summed E-state index contributed by atoms with van der Waals surface area (Å²) in [5, 5.41) is 2.65. The first kappa shape index (κ1) is 22.4. The molecule has 0 fully saturated rings. The van der Waals surface area contributed by atoms with E-state index in [-0.39, 0.29) is 16.5 Å². The average Bonchev–Trinajstić information content (AvgIpc) is 2.63. The van der Waals surface area contributed by atoms with Crippen LogP contribution < -0.4 is 10.0 Å². The fraction of sp³-hybridized carbons (Fsp3) is 0.333. The number of ether oxygens (including phenoxy) is 1. The van der Waals surface area contributed by atoms with Crippen LogP contribution in [-0.2, 0) is 19.6 Å². The Balaban J connectivity index is 2.19. The molecule has 29 heavy (non-hydrogen) atoms. The minimum atomic E-state index is -3.90. The van der Waals surface area contributed by atoms with Gasteiger partial charge in [0.15, 0.2) is 6.10 Å². The number of anilines is 1. The standard InChI is InChI=1S/C21H26N2O5S/c1-13(2)22-20(24)16(5)28-21(25)17-7-6-8-18(12-17)29(26,27)23-19-10-9-14(3)11-15(19)4/h6-13,16,23H,1-5H3,(H,22,24)/t16-/m0/s1. The van der Waals surface area contributed by atoms with Crippen molar-refractivity contribution in [2.45, 2.75) is 51.7 Å². The van der Waals surface area contributed by atoms with Crippen LogP contribution in [0.1, 0.15) is 42.3 Å². The maximum Gasteiger partial charge on any atom is 0.338 e. The lowest BCUT2D eigenvalue weighted by Crippen LogP contribution is -2.39. The second-order valence-corrected chi connectivity index (χ2v) is 8.84. The van der Waals surface area contributed by atoms with Crippen molar-refractivity contribution in [3.05, 3.63) is 59.2 Å². The Morgan fingerprint density at radius 2 is 1.69 bits per heavy atom. The minimum absolute atomic E-state index is 0.0395. The molecule has 0 aliphatic carbocycles. The summed E-state index contributed by atoms with van der Waals surface area (Å²) in [5.74, 6) is -1.20. The van der Waals surface area contributed by atoms with E-state index in [0.717, 1.165) is 11.1 Å². The zero-order chi connectivity index (χ0) is 21.8. The Morgan fingerprint density at radius 1 is 1.00 bits per heavy atom. The van der Waals surface area contributed by atoms with Gasteiger partial charge in [0.1, 0.15) is 0 Å². The van der Waals surface area contributed by atoms with Crippen molar-refractivity contribution in [2.24, 2.45) is 0 Å². The highest BCUT2D eigenvalue weighted by Crippen LogP contribution is 2.21. The Hall–Kier alpha value is -2.87.